The van der Waals surface area contributed by atoms with Gasteiger partial charge in [-0.15, -0.1) is 11.3 Å². The van der Waals surface area contributed by atoms with Crippen LogP contribution >= 0.6 is 11.3 Å². The molecule has 0 spiro atoms. The molecule has 7 nitrogen and oxygen atoms in total. The SMILES string of the molecule is O=C(O)CC(C(=O)O)C1C(O)CN1CCCOCCc1ccc2sccc2c1. The monoisotopic (exact) mass is 407 g/mol. The topological polar surface area (TPSA) is 107 Å². The van der Waals surface area contributed by atoms with Crippen LogP contribution in [-0.2, 0) is 20.7 Å². The van der Waals surface area contributed by atoms with Crippen molar-refractivity contribution < 1.29 is 29.6 Å². The predicted octanol–water partition coefficient (Wildman–Crippen LogP) is 2.07. The molecule has 2 heterocycles. The summed E-state index contributed by atoms with van der Waals surface area (Å²) in [4.78, 5) is 24.1. The summed E-state index contributed by atoms with van der Waals surface area (Å²) in [7, 11) is 0. The molecule has 2 aromatic rings. The van der Waals surface area contributed by atoms with Crippen LogP contribution in [0.5, 0.6) is 0 Å². The van der Waals surface area contributed by atoms with Gasteiger partial charge in [0.25, 0.3) is 0 Å². The minimum Gasteiger partial charge on any atom is -0.481 e. The van der Waals surface area contributed by atoms with Crippen LogP contribution in [-0.4, -0.2) is 70.6 Å². The molecule has 1 fully saturated rings. The first-order valence-electron chi connectivity index (χ1n) is 9.36. The third-order valence-electron chi connectivity index (χ3n) is 5.15. The Hall–Kier alpha value is -2.00. The van der Waals surface area contributed by atoms with E-state index in [1.807, 2.05) is 4.90 Å². The standard InChI is InChI=1S/C20H25NO6S/c22-16-12-21(19(16)15(20(25)26)11-18(23)24)6-1-7-27-8-4-13-2-3-17-14(10-13)5-9-28-17/h2-3,5,9-10,15-16,19,22H,1,4,6-8,11-12H2,(H,23,24)(H,25,26). The number of carboxylic acid groups (broad SMARTS) is 2. The Labute approximate surface area is 167 Å². The molecule has 1 aliphatic heterocycles. The van der Waals surface area contributed by atoms with Gasteiger partial charge in [0.1, 0.15) is 0 Å². The molecule has 8 heteroatoms. The Morgan fingerprint density at radius 2 is 2.07 bits per heavy atom. The van der Waals surface area contributed by atoms with Crippen molar-refractivity contribution in [1.29, 1.82) is 0 Å². The van der Waals surface area contributed by atoms with Crippen molar-refractivity contribution in [2.45, 2.75) is 31.4 Å². The van der Waals surface area contributed by atoms with Crippen molar-refractivity contribution in [3.05, 3.63) is 35.2 Å². The first-order chi connectivity index (χ1) is 13.5. The summed E-state index contributed by atoms with van der Waals surface area (Å²) in [6, 6.07) is 7.88. The van der Waals surface area contributed by atoms with Crippen LogP contribution in [0, 0.1) is 5.92 Å². The molecule has 0 aliphatic carbocycles. The maximum Gasteiger partial charge on any atom is 0.308 e. The van der Waals surface area contributed by atoms with Crippen molar-refractivity contribution in [3.63, 3.8) is 0 Å². The number of fused-ring (bicyclic) bond motifs is 1. The number of aliphatic carboxylic acids is 2. The zero-order chi connectivity index (χ0) is 20.1. The first-order valence-corrected chi connectivity index (χ1v) is 10.2. The number of carboxylic acids is 2. The van der Waals surface area contributed by atoms with Gasteiger partial charge in [-0.2, -0.15) is 0 Å². The molecule has 28 heavy (non-hydrogen) atoms. The fourth-order valence-electron chi connectivity index (χ4n) is 3.71. The van der Waals surface area contributed by atoms with Crippen LogP contribution in [0.3, 0.4) is 0 Å². The van der Waals surface area contributed by atoms with E-state index in [0.29, 0.717) is 32.7 Å². The Morgan fingerprint density at radius 3 is 2.79 bits per heavy atom. The first kappa shape index (κ1) is 20.7. The fourth-order valence-corrected chi connectivity index (χ4v) is 4.48. The van der Waals surface area contributed by atoms with Gasteiger partial charge < -0.3 is 20.1 Å². The molecule has 3 unspecified atom stereocenters. The van der Waals surface area contributed by atoms with Gasteiger partial charge >= 0.3 is 11.9 Å². The molecule has 1 aromatic heterocycles. The molecule has 3 N–H and O–H groups in total. The summed E-state index contributed by atoms with van der Waals surface area (Å²) in [5.74, 6) is -3.46. The van der Waals surface area contributed by atoms with Crippen LogP contribution in [0.25, 0.3) is 10.1 Å². The summed E-state index contributed by atoms with van der Waals surface area (Å²) < 4.78 is 6.96. The van der Waals surface area contributed by atoms with Gasteiger partial charge in [0.2, 0.25) is 0 Å². The average molecular weight is 407 g/mol. The number of rotatable bonds is 11. The average Bonchev–Trinajstić information content (AvgIpc) is 3.10. The van der Waals surface area contributed by atoms with E-state index in [9.17, 15) is 19.8 Å². The third kappa shape index (κ3) is 5.08. The summed E-state index contributed by atoms with van der Waals surface area (Å²) in [6.45, 7) is 2.09. The van der Waals surface area contributed by atoms with Crippen LogP contribution in [0.4, 0.5) is 0 Å². The molecule has 1 saturated heterocycles. The number of thiophene rings is 1. The van der Waals surface area contributed by atoms with Crippen molar-refractivity contribution in [2.24, 2.45) is 5.92 Å². The number of ether oxygens (including phenoxy) is 1. The van der Waals surface area contributed by atoms with E-state index in [0.717, 1.165) is 6.42 Å². The lowest BCUT2D eigenvalue weighted by Gasteiger charge is -2.47. The maximum absolute atomic E-state index is 11.3. The van der Waals surface area contributed by atoms with Gasteiger partial charge in [-0.25, -0.2) is 0 Å². The largest absolute Gasteiger partial charge is 0.481 e. The summed E-state index contributed by atoms with van der Waals surface area (Å²) in [5.41, 5.74) is 1.23. The van der Waals surface area contributed by atoms with E-state index < -0.39 is 36.4 Å². The quantitative estimate of drug-likeness (QED) is 0.490. The number of β-amino-alcohol motifs (C(OH)–C–C–N with tert-alkyl or cyclic N) is 1. The van der Waals surface area contributed by atoms with Gasteiger partial charge in [0.05, 0.1) is 31.1 Å². The third-order valence-corrected chi connectivity index (χ3v) is 6.05. The molecule has 0 radical (unpaired) electrons. The summed E-state index contributed by atoms with van der Waals surface area (Å²) >= 11 is 1.73. The second-order valence-electron chi connectivity index (χ2n) is 7.10. The second-order valence-corrected chi connectivity index (χ2v) is 8.05. The van der Waals surface area contributed by atoms with E-state index in [4.69, 9.17) is 9.84 Å². The molecule has 152 valence electrons. The Balaban J connectivity index is 1.37. The minimum absolute atomic E-state index is 0.370. The van der Waals surface area contributed by atoms with Gasteiger partial charge in [-0.05, 0) is 41.3 Å². The van der Waals surface area contributed by atoms with Gasteiger partial charge in [0.15, 0.2) is 0 Å². The molecule has 1 aromatic carbocycles. The Kier molecular flexibility index (Phi) is 7.01. The zero-order valence-electron chi connectivity index (χ0n) is 15.5. The fraction of sp³-hybridized carbons (Fsp3) is 0.500. The smallest absolute Gasteiger partial charge is 0.308 e. The van der Waals surface area contributed by atoms with Crippen LogP contribution in [0.2, 0.25) is 0 Å². The van der Waals surface area contributed by atoms with E-state index >= 15 is 0 Å². The van der Waals surface area contributed by atoms with E-state index in [1.54, 1.807) is 11.3 Å². The molecular formula is C20H25NO6S. The van der Waals surface area contributed by atoms with E-state index in [2.05, 4.69) is 29.6 Å². The Bertz CT molecular complexity index is 822. The van der Waals surface area contributed by atoms with Crippen molar-refractivity contribution in [3.8, 4) is 0 Å². The van der Waals surface area contributed by atoms with Crippen molar-refractivity contribution >= 4 is 33.4 Å². The number of likely N-dealkylation sites (tertiary alicyclic amines) is 1. The van der Waals surface area contributed by atoms with Crippen LogP contribution < -0.4 is 0 Å². The maximum atomic E-state index is 11.3. The Morgan fingerprint density at radius 1 is 1.25 bits per heavy atom. The summed E-state index contributed by atoms with van der Waals surface area (Å²) in [5, 5.41) is 31.4. The highest BCUT2D eigenvalue weighted by Gasteiger charge is 2.46. The number of hydrogen-bond acceptors (Lipinski definition) is 6. The van der Waals surface area contributed by atoms with E-state index in [1.165, 1.54) is 15.6 Å². The zero-order valence-corrected chi connectivity index (χ0v) is 16.3. The number of aliphatic hydroxyl groups is 1. The molecule has 3 rings (SSSR count). The molecule has 1 aliphatic rings. The van der Waals surface area contributed by atoms with Crippen molar-refractivity contribution in [1.82, 2.24) is 4.90 Å². The van der Waals surface area contributed by atoms with Crippen molar-refractivity contribution in [2.75, 3.05) is 26.3 Å². The number of nitrogens with zero attached hydrogens (tertiary/aromatic N) is 1. The predicted molar refractivity (Wildman–Crippen MR) is 106 cm³/mol. The molecule has 0 saturated carbocycles. The number of hydrogen-bond donors (Lipinski definition) is 3. The molecule has 0 amide bonds. The van der Waals surface area contributed by atoms with Gasteiger partial charge in [-0.1, -0.05) is 12.1 Å². The second kappa shape index (κ2) is 9.47. The number of benzene rings is 1. The van der Waals surface area contributed by atoms with E-state index in [-0.39, 0.29) is 0 Å². The number of aliphatic hydroxyl groups excluding tert-OH is 1. The highest BCUT2D eigenvalue weighted by molar-refractivity contribution is 7.17. The normalized spacial score (nSPS) is 20.8. The van der Waals surface area contributed by atoms with Gasteiger partial charge in [-0.3, -0.25) is 14.5 Å². The number of carbonyl (C=O) groups is 2. The lowest BCUT2D eigenvalue weighted by Crippen LogP contribution is -2.64. The highest BCUT2D eigenvalue weighted by atomic mass is 32.1. The minimum atomic E-state index is -1.19. The highest BCUT2D eigenvalue weighted by Crippen LogP contribution is 2.28. The van der Waals surface area contributed by atoms with Gasteiger partial charge in [0, 0.05) is 24.4 Å². The lowest BCUT2D eigenvalue weighted by atomic mass is 9.84. The molecule has 0 bridgehead atoms. The summed E-state index contributed by atoms with van der Waals surface area (Å²) in [6.07, 6.45) is 0.245. The lowest BCUT2D eigenvalue weighted by molar-refractivity contribution is -0.161. The molecular weight excluding hydrogens is 382 g/mol. The van der Waals surface area contributed by atoms with Crippen LogP contribution in [0.1, 0.15) is 18.4 Å². The molecule has 3 atom stereocenters. The van der Waals surface area contributed by atoms with Crippen LogP contribution in [0.15, 0.2) is 29.6 Å².